The number of pyridine rings is 1. The van der Waals surface area contributed by atoms with Crippen LogP contribution in [0, 0.1) is 0 Å². The van der Waals surface area contributed by atoms with E-state index in [1.54, 1.807) is 31.1 Å². The first-order chi connectivity index (χ1) is 11.2. The van der Waals surface area contributed by atoms with Crippen molar-refractivity contribution in [2.45, 2.75) is 12.7 Å². The summed E-state index contributed by atoms with van der Waals surface area (Å²) < 4.78 is 38.7. The van der Waals surface area contributed by atoms with Gasteiger partial charge < -0.3 is 16.0 Å². The van der Waals surface area contributed by atoms with Gasteiger partial charge in [0.2, 0.25) is 0 Å². The Balaban J connectivity index is 2.25. The molecule has 1 aromatic heterocycles. The topological polar surface area (TPSA) is 71.2 Å². The van der Waals surface area contributed by atoms with Gasteiger partial charge in [0, 0.05) is 32.5 Å². The molecule has 2 aromatic rings. The first-order valence-corrected chi connectivity index (χ1v) is 7.06. The molecule has 5 nitrogen and oxygen atoms in total. The van der Waals surface area contributed by atoms with Crippen LogP contribution in [0.15, 0.2) is 36.5 Å². The van der Waals surface area contributed by atoms with E-state index in [1.807, 2.05) is 0 Å². The fourth-order valence-electron chi connectivity index (χ4n) is 2.03. The maximum Gasteiger partial charge on any atom is 0.416 e. The highest BCUT2D eigenvalue weighted by Gasteiger charge is 2.31. The number of carbonyl (C=O) groups excluding carboxylic acids is 1. The predicted molar refractivity (Wildman–Crippen MR) is 85.9 cm³/mol. The summed E-state index contributed by atoms with van der Waals surface area (Å²) in [6, 6.07) is 6.44. The third-order valence-corrected chi connectivity index (χ3v) is 3.28. The molecule has 0 unspecified atom stereocenters. The van der Waals surface area contributed by atoms with Crippen molar-refractivity contribution in [2.24, 2.45) is 5.73 Å². The number of nitrogens with zero attached hydrogens (tertiary/aromatic N) is 2. The van der Waals surface area contributed by atoms with Gasteiger partial charge in [-0.15, -0.1) is 0 Å². The van der Waals surface area contributed by atoms with E-state index in [0.717, 1.165) is 12.1 Å². The second kappa shape index (κ2) is 6.88. The van der Waals surface area contributed by atoms with Crippen molar-refractivity contribution in [3.05, 3.63) is 53.2 Å². The van der Waals surface area contributed by atoms with Crippen LogP contribution in [0.5, 0.6) is 0 Å². The molecule has 8 heteroatoms. The number of anilines is 2. The zero-order valence-electron chi connectivity index (χ0n) is 13.2. The van der Waals surface area contributed by atoms with Crippen molar-refractivity contribution in [3.63, 3.8) is 0 Å². The van der Waals surface area contributed by atoms with Crippen LogP contribution in [-0.4, -0.2) is 25.0 Å². The fraction of sp³-hybridized carbons (Fsp3) is 0.250. The smallest absolute Gasteiger partial charge is 0.363 e. The zero-order valence-corrected chi connectivity index (χ0v) is 13.2. The number of rotatable bonds is 4. The van der Waals surface area contributed by atoms with Crippen LogP contribution in [0.4, 0.5) is 24.7 Å². The Morgan fingerprint density at radius 3 is 2.46 bits per heavy atom. The van der Waals surface area contributed by atoms with Crippen LogP contribution >= 0.6 is 0 Å². The molecule has 0 radical (unpaired) electrons. The third-order valence-electron chi connectivity index (χ3n) is 3.28. The van der Waals surface area contributed by atoms with Gasteiger partial charge in [0.05, 0.1) is 11.1 Å². The van der Waals surface area contributed by atoms with Crippen molar-refractivity contribution in [1.29, 1.82) is 0 Å². The van der Waals surface area contributed by atoms with E-state index < -0.39 is 17.6 Å². The minimum absolute atomic E-state index is 0.0342. The number of halogens is 3. The van der Waals surface area contributed by atoms with Crippen molar-refractivity contribution in [1.82, 2.24) is 4.98 Å². The molecule has 0 saturated carbocycles. The lowest BCUT2D eigenvalue weighted by Crippen LogP contribution is -2.16. The summed E-state index contributed by atoms with van der Waals surface area (Å²) in [6.07, 6.45) is -3.15. The van der Waals surface area contributed by atoms with E-state index in [0.29, 0.717) is 5.82 Å². The average molecular weight is 338 g/mol. The predicted octanol–water partition coefficient (Wildman–Crippen LogP) is 2.88. The highest BCUT2D eigenvalue weighted by molar-refractivity contribution is 6.04. The number of carbonyl (C=O) groups is 1. The van der Waals surface area contributed by atoms with Gasteiger partial charge in [0.25, 0.3) is 5.91 Å². The molecule has 0 spiro atoms. The summed E-state index contributed by atoms with van der Waals surface area (Å²) in [5.74, 6) is 0.117. The summed E-state index contributed by atoms with van der Waals surface area (Å²) in [6.45, 7) is -0.0636. The monoisotopic (exact) mass is 338 g/mol. The fourth-order valence-corrected chi connectivity index (χ4v) is 2.03. The van der Waals surface area contributed by atoms with Crippen molar-refractivity contribution in [3.8, 4) is 0 Å². The second-order valence-electron chi connectivity index (χ2n) is 5.37. The van der Waals surface area contributed by atoms with Crippen LogP contribution in [0.1, 0.15) is 21.5 Å². The largest absolute Gasteiger partial charge is 0.416 e. The Kier molecular flexibility index (Phi) is 5.08. The Labute approximate surface area is 137 Å². The molecule has 128 valence electrons. The number of nitrogens with two attached hydrogens (primary N) is 1. The Hall–Kier alpha value is -2.61. The second-order valence-corrected chi connectivity index (χ2v) is 5.37. The van der Waals surface area contributed by atoms with Crippen molar-refractivity contribution >= 4 is 17.4 Å². The number of benzene rings is 1. The molecule has 0 aliphatic rings. The summed E-state index contributed by atoms with van der Waals surface area (Å²) in [5.41, 5.74) is 5.12. The Morgan fingerprint density at radius 1 is 1.25 bits per heavy atom. The number of amides is 1. The summed E-state index contributed by atoms with van der Waals surface area (Å²) in [7, 11) is 3.61. The van der Waals surface area contributed by atoms with E-state index in [-0.39, 0.29) is 23.4 Å². The average Bonchev–Trinajstić information content (AvgIpc) is 2.53. The zero-order chi connectivity index (χ0) is 17.9. The lowest BCUT2D eigenvalue weighted by molar-refractivity contribution is -0.137. The van der Waals surface area contributed by atoms with Crippen LogP contribution in [0.2, 0.25) is 0 Å². The van der Waals surface area contributed by atoms with Gasteiger partial charge in [-0.05, 0) is 35.9 Å². The summed E-state index contributed by atoms with van der Waals surface area (Å²) in [4.78, 5) is 18.0. The maximum atomic E-state index is 12.9. The number of hydrogen-bond donors (Lipinski definition) is 2. The highest BCUT2D eigenvalue weighted by atomic mass is 19.4. The first kappa shape index (κ1) is 17.7. The van der Waals surface area contributed by atoms with Gasteiger partial charge in [0.15, 0.2) is 0 Å². The molecule has 0 fully saturated rings. The van der Waals surface area contributed by atoms with Gasteiger partial charge in [-0.2, -0.15) is 13.2 Å². The van der Waals surface area contributed by atoms with Crippen molar-refractivity contribution < 1.29 is 18.0 Å². The maximum absolute atomic E-state index is 12.9. The SMILES string of the molecule is CN(C)c1ccc(C(=O)Nc2cc(CN)cc(C(F)(F)F)c2)cn1. The molecule has 1 amide bonds. The lowest BCUT2D eigenvalue weighted by Gasteiger charge is -2.13. The molecule has 0 aliphatic carbocycles. The van der Waals surface area contributed by atoms with Gasteiger partial charge in [-0.3, -0.25) is 4.79 Å². The van der Waals surface area contributed by atoms with Gasteiger partial charge in [-0.25, -0.2) is 4.98 Å². The standard InChI is InChI=1S/C16H17F3N4O/c1-23(2)14-4-3-11(9-21-14)15(24)22-13-6-10(8-20)5-12(7-13)16(17,18)19/h3-7,9H,8,20H2,1-2H3,(H,22,24). The van der Waals surface area contributed by atoms with Gasteiger partial charge in [0.1, 0.15) is 5.82 Å². The molecule has 0 saturated heterocycles. The van der Waals surface area contributed by atoms with E-state index in [2.05, 4.69) is 10.3 Å². The highest BCUT2D eigenvalue weighted by Crippen LogP contribution is 2.32. The number of nitrogens with one attached hydrogen (secondary N) is 1. The van der Waals surface area contributed by atoms with E-state index >= 15 is 0 Å². The van der Waals surface area contributed by atoms with Crippen LogP contribution in [0.25, 0.3) is 0 Å². The summed E-state index contributed by atoms with van der Waals surface area (Å²) in [5, 5.41) is 2.45. The third kappa shape index (κ3) is 4.23. The molecule has 2 rings (SSSR count). The normalized spacial score (nSPS) is 11.2. The Morgan fingerprint density at radius 2 is 1.96 bits per heavy atom. The Bertz CT molecular complexity index is 727. The number of alkyl halides is 3. The molecular weight excluding hydrogens is 321 g/mol. The van der Waals surface area contributed by atoms with Crippen LogP contribution in [0.3, 0.4) is 0 Å². The van der Waals surface area contributed by atoms with Crippen molar-refractivity contribution in [2.75, 3.05) is 24.3 Å². The quantitative estimate of drug-likeness (QED) is 0.899. The molecule has 0 aliphatic heterocycles. The van der Waals surface area contributed by atoms with E-state index in [4.69, 9.17) is 5.73 Å². The summed E-state index contributed by atoms with van der Waals surface area (Å²) >= 11 is 0. The van der Waals surface area contributed by atoms with Crippen LogP contribution in [-0.2, 0) is 12.7 Å². The molecule has 3 N–H and O–H groups in total. The van der Waals surface area contributed by atoms with Gasteiger partial charge >= 0.3 is 6.18 Å². The molecule has 0 bridgehead atoms. The molecular formula is C16H17F3N4O. The molecule has 0 atom stereocenters. The number of aromatic nitrogens is 1. The molecule has 1 aromatic carbocycles. The molecule has 1 heterocycles. The number of hydrogen-bond acceptors (Lipinski definition) is 4. The first-order valence-electron chi connectivity index (χ1n) is 7.06. The minimum atomic E-state index is -4.51. The minimum Gasteiger partial charge on any atom is -0.363 e. The van der Waals surface area contributed by atoms with E-state index in [1.165, 1.54) is 12.3 Å². The van der Waals surface area contributed by atoms with E-state index in [9.17, 15) is 18.0 Å². The molecule has 24 heavy (non-hydrogen) atoms. The van der Waals surface area contributed by atoms with Crippen LogP contribution < -0.4 is 16.0 Å². The van der Waals surface area contributed by atoms with Gasteiger partial charge in [-0.1, -0.05) is 0 Å². The lowest BCUT2D eigenvalue weighted by atomic mass is 10.1.